The van der Waals surface area contributed by atoms with E-state index in [0.29, 0.717) is 19.4 Å². The quantitative estimate of drug-likeness (QED) is 0.0883. The van der Waals surface area contributed by atoms with E-state index >= 15 is 0 Å². The number of ether oxygens (including phenoxy) is 6. The summed E-state index contributed by atoms with van der Waals surface area (Å²) in [6, 6.07) is 20.1. The number of amides is 3. The Morgan fingerprint density at radius 1 is 0.500 bits per heavy atom. The third kappa shape index (κ3) is 21.2. The van der Waals surface area contributed by atoms with Gasteiger partial charge in [0.05, 0.1) is 57.8 Å². The van der Waals surface area contributed by atoms with E-state index in [1.54, 1.807) is 71.8 Å². The van der Waals surface area contributed by atoms with Crippen LogP contribution in [0.2, 0.25) is 0 Å². The molecule has 482 valence electrons. The van der Waals surface area contributed by atoms with Gasteiger partial charge < -0.3 is 28.4 Å². The van der Waals surface area contributed by atoms with Gasteiger partial charge in [0.2, 0.25) is 0 Å². The number of methoxy groups -OCH3 is 3. The molecule has 3 saturated heterocycles. The number of carbonyl (C=O) groups excluding carboxylic acids is 6. The summed E-state index contributed by atoms with van der Waals surface area (Å²) in [6.07, 6.45) is -0.840. The molecule has 3 aromatic carbocycles. The standard InChI is InChI=1S/2C17H22N4O4.C12H21NO7S.C6H5N3.6CH4/c1-17(2,3)25-16(23)20-10-11(9-14(20)15(22)24-4)21-13-8-6-5-7-12(13)18-19-21;1-17(2,3)25-16(23)20-10-11(9-14(20)15(22)24-4)21-18-12-7-5-6-8-13(12)19-21;1-12(2,3)19-11(15)13-7-8(20-21(5,16)17)6-9(13)10(14)18-4;1-2-4-6-5(3-1)7-9-8-6;;;;;;/h2*5-8,11,14H,9-10H2,1-4H3;8-9H,6-7H2,1-5H3;1-4H,(H,7,8,9);6*1H4/t2*11-,14+;8-,9-;;;;;;;/m110......./s1. The van der Waals surface area contributed by atoms with Gasteiger partial charge in [0.15, 0.2) is 0 Å². The molecule has 0 aliphatic carbocycles. The molecule has 6 atom stereocenters. The Kier molecular flexibility index (Phi) is 29.5. The van der Waals surface area contributed by atoms with Crippen LogP contribution in [-0.4, -0.2) is 193 Å². The van der Waals surface area contributed by atoms with E-state index < -0.39 is 87.3 Å². The van der Waals surface area contributed by atoms with Gasteiger partial charge in [0.1, 0.15) is 62.5 Å². The van der Waals surface area contributed by atoms with Crippen LogP contribution in [0.1, 0.15) is 138 Å². The van der Waals surface area contributed by atoms with Crippen LogP contribution in [0.5, 0.6) is 0 Å². The summed E-state index contributed by atoms with van der Waals surface area (Å²) in [6.45, 7) is 16.3. The molecule has 0 spiro atoms. The van der Waals surface area contributed by atoms with E-state index in [1.807, 2.05) is 72.8 Å². The van der Waals surface area contributed by atoms with Crippen molar-refractivity contribution in [2.24, 2.45) is 0 Å². The van der Waals surface area contributed by atoms with E-state index in [4.69, 9.17) is 27.9 Å². The number of aromatic amines is 1. The molecule has 0 radical (unpaired) electrons. The van der Waals surface area contributed by atoms with E-state index in [9.17, 15) is 37.2 Å². The number of nitrogens with one attached hydrogen (secondary N) is 1. The second-order valence-corrected chi connectivity index (χ2v) is 23.4. The van der Waals surface area contributed by atoms with Gasteiger partial charge in [0.25, 0.3) is 10.1 Å². The van der Waals surface area contributed by atoms with Crippen LogP contribution < -0.4 is 0 Å². The van der Waals surface area contributed by atoms with Gasteiger partial charge >= 0.3 is 36.2 Å². The summed E-state index contributed by atoms with van der Waals surface area (Å²) in [7, 11) is 0.138. The van der Waals surface area contributed by atoms with Crippen molar-refractivity contribution in [2.75, 3.05) is 47.2 Å². The molecule has 6 aromatic rings. The van der Waals surface area contributed by atoms with Gasteiger partial charge in [-0.15, -0.1) is 5.10 Å². The maximum atomic E-state index is 12.5. The molecule has 3 aromatic heterocycles. The monoisotopic (exact) mass is 1230 g/mol. The Balaban J connectivity index is 0.00000114. The minimum Gasteiger partial charge on any atom is -0.467 e. The van der Waals surface area contributed by atoms with Gasteiger partial charge in [-0.2, -0.15) is 38.8 Å². The normalized spacial score (nSPS) is 18.7. The van der Waals surface area contributed by atoms with Crippen molar-refractivity contribution >= 4 is 79.4 Å². The molecule has 0 unspecified atom stereocenters. The molecule has 3 fully saturated rings. The second kappa shape index (κ2) is 32.5. The molecular weight excluding hydrogens is 1140 g/mol. The van der Waals surface area contributed by atoms with Crippen LogP contribution >= 0.6 is 0 Å². The lowest BCUT2D eigenvalue weighted by atomic mass is 10.1. The number of rotatable bonds is 7. The summed E-state index contributed by atoms with van der Waals surface area (Å²) in [5, 5.41) is 27.6. The van der Waals surface area contributed by atoms with Crippen LogP contribution in [0.25, 0.3) is 33.1 Å². The molecule has 6 heterocycles. The number of fused-ring (bicyclic) bond motifs is 3. The number of hydrogen-bond donors (Lipinski definition) is 1. The van der Waals surface area contributed by atoms with Crippen molar-refractivity contribution in [3.63, 3.8) is 0 Å². The number of benzene rings is 3. The number of carbonyl (C=O) groups is 6. The van der Waals surface area contributed by atoms with Crippen LogP contribution in [-0.2, 0) is 57.1 Å². The predicted octanol–water partition coefficient (Wildman–Crippen LogP) is 9.60. The summed E-state index contributed by atoms with van der Waals surface area (Å²) in [5.41, 5.74) is 2.99. The average Bonchev–Trinajstić information content (AvgIpc) is 3.34. The van der Waals surface area contributed by atoms with Crippen molar-refractivity contribution in [3.05, 3.63) is 72.8 Å². The first-order valence-electron chi connectivity index (χ1n) is 25.5. The molecule has 3 aliphatic rings. The molecule has 0 bridgehead atoms. The van der Waals surface area contributed by atoms with Crippen LogP contribution in [0.4, 0.5) is 14.4 Å². The minimum atomic E-state index is -3.68. The number of para-hydroxylation sites is 3. The largest absolute Gasteiger partial charge is 0.467 e. The number of hydrogen-bond acceptors (Lipinski definition) is 21. The third-order valence-electron chi connectivity index (χ3n) is 12.0. The summed E-state index contributed by atoms with van der Waals surface area (Å²) < 4.78 is 59.3. The van der Waals surface area contributed by atoms with Crippen molar-refractivity contribution in [2.45, 2.75) is 179 Å². The number of aromatic nitrogens is 9. The Morgan fingerprint density at radius 2 is 0.849 bits per heavy atom. The van der Waals surface area contributed by atoms with Crippen LogP contribution in [0, 0.1) is 0 Å². The number of H-pyrrole nitrogens is 1. The molecule has 28 heteroatoms. The number of likely N-dealkylation sites (tertiary alicyclic amines) is 3. The fourth-order valence-corrected chi connectivity index (χ4v) is 9.35. The highest BCUT2D eigenvalue weighted by Gasteiger charge is 2.46. The number of nitrogens with zero attached hydrogens (tertiary/aromatic N) is 11. The summed E-state index contributed by atoms with van der Waals surface area (Å²) in [4.78, 5) is 78.6. The van der Waals surface area contributed by atoms with Gasteiger partial charge in [0, 0.05) is 32.4 Å². The van der Waals surface area contributed by atoms with E-state index in [0.717, 1.165) is 44.3 Å². The van der Waals surface area contributed by atoms with Crippen molar-refractivity contribution < 1.29 is 69.8 Å². The first-order valence-corrected chi connectivity index (χ1v) is 27.3. The second-order valence-electron chi connectivity index (χ2n) is 21.8. The highest BCUT2D eigenvalue weighted by Crippen LogP contribution is 2.33. The number of esters is 3. The molecule has 1 N–H and O–H groups in total. The Morgan fingerprint density at radius 3 is 1.24 bits per heavy atom. The zero-order chi connectivity index (χ0) is 58.9. The lowest BCUT2D eigenvalue weighted by Gasteiger charge is -2.27. The summed E-state index contributed by atoms with van der Waals surface area (Å²) in [5.74, 6) is -1.57. The smallest absolute Gasteiger partial charge is 0.411 e. The Bertz CT molecular complexity index is 3180. The fourth-order valence-electron chi connectivity index (χ4n) is 8.71. The average molecular weight is 1230 g/mol. The van der Waals surface area contributed by atoms with Gasteiger partial charge in [-0.25, -0.2) is 33.4 Å². The molecule has 27 nitrogen and oxygen atoms in total. The van der Waals surface area contributed by atoms with Gasteiger partial charge in [-0.3, -0.25) is 18.9 Å². The van der Waals surface area contributed by atoms with Crippen LogP contribution in [0.15, 0.2) is 72.8 Å². The molecular formula is C58H94N12O15S. The van der Waals surface area contributed by atoms with Gasteiger partial charge in [-0.1, -0.05) is 86.2 Å². The molecule has 3 amide bonds. The van der Waals surface area contributed by atoms with E-state index in [-0.39, 0.29) is 76.2 Å². The minimum absolute atomic E-state index is 0. The first kappa shape index (κ1) is 78.0. The molecule has 3 aliphatic heterocycles. The van der Waals surface area contributed by atoms with E-state index in [2.05, 4.69) is 40.7 Å². The Labute approximate surface area is 506 Å². The van der Waals surface area contributed by atoms with Crippen molar-refractivity contribution in [3.8, 4) is 0 Å². The topological polar surface area (TPSA) is 314 Å². The maximum Gasteiger partial charge on any atom is 0.411 e. The molecule has 86 heavy (non-hydrogen) atoms. The third-order valence-corrected chi connectivity index (χ3v) is 12.6. The first-order chi connectivity index (χ1) is 37.5. The van der Waals surface area contributed by atoms with Crippen molar-refractivity contribution in [1.29, 1.82) is 0 Å². The van der Waals surface area contributed by atoms with Gasteiger partial charge in [-0.05, 0) is 98.7 Å². The Hall–Kier alpha value is -8.01. The highest BCUT2D eigenvalue weighted by molar-refractivity contribution is 7.86. The zero-order valence-corrected chi connectivity index (χ0v) is 47.9. The fraction of sp³-hybridized carbons (Fsp3) is 0.586. The van der Waals surface area contributed by atoms with Crippen molar-refractivity contribution in [1.82, 2.24) is 60.1 Å². The lowest BCUT2D eigenvalue weighted by Crippen LogP contribution is -2.44. The molecule has 9 rings (SSSR count). The lowest BCUT2D eigenvalue weighted by molar-refractivity contribution is -0.146. The van der Waals surface area contributed by atoms with E-state index in [1.165, 1.54) is 31.1 Å². The maximum absolute atomic E-state index is 12.5. The van der Waals surface area contributed by atoms with Crippen LogP contribution in [0.3, 0.4) is 0 Å². The highest BCUT2D eigenvalue weighted by atomic mass is 32.2. The zero-order valence-electron chi connectivity index (χ0n) is 47.1. The predicted molar refractivity (Wildman–Crippen MR) is 327 cm³/mol. The SMILES string of the molecule is C.C.C.C.C.C.COC(=O)[C@@H]1C[C@@H](n2nc3ccccc3n2)CN1C(=O)OC(C)(C)C.COC(=O)[C@@H]1C[C@@H](n2nnc3ccccc32)CN1C(=O)OC(C)(C)C.COC(=O)[C@@H]1C[C@H](OS(C)(=O)=O)CN1C(=O)OC(C)(C)C.c1ccc2n[nH]nc2c1. The summed E-state index contributed by atoms with van der Waals surface area (Å²) >= 11 is 0. The molecule has 0 saturated carbocycles.